The standard InChI is InChI=1S/C15H13ClFNO2/c1-10-7-8-14(15(9-10)20-11(2)19)18(17)13-6-4-3-5-12(13)16/h3-9H,1-2H3. The molecule has 0 saturated heterocycles. The van der Waals surface area contributed by atoms with E-state index in [1.807, 2.05) is 6.92 Å². The maximum Gasteiger partial charge on any atom is 0.308 e. The van der Waals surface area contributed by atoms with Gasteiger partial charge in [0, 0.05) is 6.92 Å². The molecular formula is C15H13ClFNO2. The number of carbonyl (C=O) groups is 1. The molecule has 3 nitrogen and oxygen atoms in total. The van der Waals surface area contributed by atoms with Crippen LogP contribution in [0.5, 0.6) is 5.75 Å². The van der Waals surface area contributed by atoms with Gasteiger partial charge in [-0.15, -0.1) is 0 Å². The average molecular weight is 294 g/mol. The molecule has 0 heterocycles. The Labute approximate surface area is 121 Å². The predicted molar refractivity (Wildman–Crippen MR) is 77.2 cm³/mol. The zero-order valence-electron chi connectivity index (χ0n) is 11.1. The Balaban J connectivity index is 2.46. The van der Waals surface area contributed by atoms with Crippen LogP contribution >= 0.6 is 11.6 Å². The lowest BCUT2D eigenvalue weighted by Gasteiger charge is -2.18. The van der Waals surface area contributed by atoms with Crippen LogP contribution in [0.15, 0.2) is 42.5 Å². The first-order valence-electron chi connectivity index (χ1n) is 5.98. The number of esters is 1. The average Bonchev–Trinajstić information content (AvgIpc) is 2.38. The number of aryl methyl sites for hydroxylation is 1. The lowest BCUT2D eigenvalue weighted by atomic mass is 10.2. The van der Waals surface area contributed by atoms with E-state index in [0.29, 0.717) is 5.12 Å². The van der Waals surface area contributed by atoms with Crippen LogP contribution in [0.25, 0.3) is 0 Å². The van der Waals surface area contributed by atoms with E-state index in [4.69, 9.17) is 16.3 Å². The van der Waals surface area contributed by atoms with Gasteiger partial charge in [-0.2, -0.15) is 5.12 Å². The van der Waals surface area contributed by atoms with Gasteiger partial charge in [0.1, 0.15) is 5.69 Å². The molecule has 5 heteroatoms. The van der Waals surface area contributed by atoms with Crippen molar-refractivity contribution in [3.63, 3.8) is 0 Å². The van der Waals surface area contributed by atoms with Crippen molar-refractivity contribution in [1.82, 2.24) is 0 Å². The van der Waals surface area contributed by atoms with Crippen LogP contribution < -0.4 is 9.86 Å². The number of hydrogen-bond donors (Lipinski definition) is 0. The Morgan fingerprint density at radius 1 is 1.20 bits per heavy atom. The van der Waals surface area contributed by atoms with Crippen molar-refractivity contribution in [3.05, 3.63) is 53.1 Å². The number of ether oxygens (including phenoxy) is 1. The van der Waals surface area contributed by atoms with Crippen LogP contribution in [0.3, 0.4) is 0 Å². The van der Waals surface area contributed by atoms with E-state index in [1.54, 1.807) is 36.4 Å². The molecular weight excluding hydrogens is 281 g/mol. The second-order valence-corrected chi connectivity index (χ2v) is 4.70. The highest BCUT2D eigenvalue weighted by Crippen LogP contribution is 2.38. The molecule has 2 rings (SSSR count). The number of rotatable bonds is 3. The molecule has 0 unspecified atom stereocenters. The van der Waals surface area contributed by atoms with Gasteiger partial charge >= 0.3 is 5.97 Å². The number of nitrogens with zero attached hydrogens (tertiary/aromatic N) is 1. The van der Waals surface area contributed by atoms with Crippen LogP contribution in [-0.4, -0.2) is 5.97 Å². The summed E-state index contributed by atoms with van der Waals surface area (Å²) in [7, 11) is 0. The summed E-state index contributed by atoms with van der Waals surface area (Å²) in [5.41, 5.74) is 1.17. The van der Waals surface area contributed by atoms with E-state index >= 15 is 0 Å². The highest BCUT2D eigenvalue weighted by atomic mass is 35.5. The number of carbonyl (C=O) groups excluding carboxylic acids is 1. The van der Waals surface area contributed by atoms with Gasteiger partial charge in [0.2, 0.25) is 0 Å². The summed E-state index contributed by atoms with van der Waals surface area (Å²) < 4.78 is 19.6. The van der Waals surface area contributed by atoms with Crippen LogP contribution in [0, 0.1) is 6.92 Å². The van der Waals surface area contributed by atoms with E-state index < -0.39 is 5.97 Å². The largest absolute Gasteiger partial charge is 0.424 e. The molecule has 0 aliphatic rings. The molecule has 0 N–H and O–H groups in total. The summed E-state index contributed by atoms with van der Waals surface area (Å²) in [4.78, 5) is 11.1. The van der Waals surface area contributed by atoms with Gasteiger partial charge < -0.3 is 4.74 Å². The maximum atomic E-state index is 14.5. The molecule has 2 aromatic carbocycles. The molecule has 20 heavy (non-hydrogen) atoms. The van der Waals surface area contributed by atoms with E-state index in [1.165, 1.54) is 13.0 Å². The minimum Gasteiger partial charge on any atom is -0.424 e. The molecule has 0 fully saturated rings. The highest BCUT2D eigenvalue weighted by Gasteiger charge is 2.17. The second kappa shape index (κ2) is 5.92. The Hall–Kier alpha value is -2.07. The fourth-order valence-electron chi connectivity index (χ4n) is 1.76. The molecule has 0 radical (unpaired) electrons. The number of hydrogen-bond acceptors (Lipinski definition) is 3. The van der Waals surface area contributed by atoms with Crippen molar-refractivity contribution >= 4 is 28.9 Å². The zero-order valence-corrected chi connectivity index (χ0v) is 11.8. The van der Waals surface area contributed by atoms with Crippen LogP contribution in [0.4, 0.5) is 15.9 Å². The molecule has 104 valence electrons. The fourth-order valence-corrected chi connectivity index (χ4v) is 1.97. The summed E-state index contributed by atoms with van der Waals surface area (Å²) in [5.74, 6) is -0.357. The maximum absolute atomic E-state index is 14.5. The van der Waals surface area contributed by atoms with Crippen molar-refractivity contribution in [1.29, 1.82) is 0 Å². The Morgan fingerprint density at radius 2 is 1.90 bits per heavy atom. The van der Waals surface area contributed by atoms with Gasteiger partial charge in [0.05, 0.1) is 10.7 Å². The first-order chi connectivity index (χ1) is 9.49. The van der Waals surface area contributed by atoms with Gasteiger partial charge in [-0.1, -0.05) is 34.3 Å². The van der Waals surface area contributed by atoms with Crippen molar-refractivity contribution in [2.75, 3.05) is 5.12 Å². The van der Waals surface area contributed by atoms with Crippen molar-refractivity contribution in [3.8, 4) is 5.75 Å². The Kier molecular flexibility index (Phi) is 4.25. The smallest absolute Gasteiger partial charge is 0.308 e. The molecule has 0 saturated carbocycles. The lowest BCUT2D eigenvalue weighted by molar-refractivity contribution is -0.131. The Morgan fingerprint density at radius 3 is 2.55 bits per heavy atom. The minimum atomic E-state index is -0.510. The van der Waals surface area contributed by atoms with Crippen LogP contribution in [-0.2, 0) is 4.79 Å². The number of halogens is 2. The number of para-hydroxylation sites is 1. The van der Waals surface area contributed by atoms with E-state index in [2.05, 4.69) is 0 Å². The van der Waals surface area contributed by atoms with E-state index in [9.17, 15) is 9.28 Å². The van der Waals surface area contributed by atoms with Crippen LogP contribution in [0.2, 0.25) is 5.02 Å². The first-order valence-corrected chi connectivity index (χ1v) is 6.36. The van der Waals surface area contributed by atoms with Gasteiger partial charge in [-0.05, 0) is 36.8 Å². The van der Waals surface area contributed by atoms with Gasteiger partial charge in [0.25, 0.3) is 0 Å². The van der Waals surface area contributed by atoms with Crippen molar-refractivity contribution < 1.29 is 14.0 Å². The third kappa shape index (κ3) is 3.08. The number of benzene rings is 2. The molecule has 0 spiro atoms. The predicted octanol–water partition coefficient (Wildman–Crippen LogP) is 4.60. The molecule has 0 aliphatic carbocycles. The molecule has 0 amide bonds. The summed E-state index contributed by atoms with van der Waals surface area (Å²) in [5, 5.41) is 0.671. The molecule has 0 aliphatic heterocycles. The van der Waals surface area contributed by atoms with Gasteiger partial charge in [0.15, 0.2) is 5.75 Å². The minimum absolute atomic E-state index is 0.124. The summed E-state index contributed by atoms with van der Waals surface area (Å²) in [6.07, 6.45) is 0. The van der Waals surface area contributed by atoms with Crippen molar-refractivity contribution in [2.45, 2.75) is 13.8 Å². The first kappa shape index (κ1) is 14.3. The molecule has 0 atom stereocenters. The van der Waals surface area contributed by atoms with E-state index in [0.717, 1.165) is 5.56 Å². The third-order valence-electron chi connectivity index (χ3n) is 2.64. The lowest BCUT2D eigenvalue weighted by Crippen LogP contribution is -2.09. The SMILES string of the molecule is CC(=O)Oc1cc(C)ccc1N(F)c1ccccc1Cl. The number of anilines is 2. The summed E-state index contributed by atoms with van der Waals surface area (Å²) >= 11 is 5.97. The molecule has 0 aromatic heterocycles. The summed E-state index contributed by atoms with van der Waals surface area (Å²) in [6.45, 7) is 3.10. The highest BCUT2D eigenvalue weighted by molar-refractivity contribution is 6.33. The van der Waals surface area contributed by atoms with Gasteiger partial charge in [-0.3, -0.25) is 4.79 Å². The third-order valence-corrected chi connectivity index (χ3v) is 2.96. The summed E-state index contributed by atoms with van der Waals surface area (Å²) in [6, 6.07) is 11.4. The normalized spacial score (nSPS) is 10.2. The van der Waals surface area contributed by atoms with Crippen molar-refractivity contribution in [2.24, 2.45) is 0 Å². The van der Waals surface area contributed by atoms with E-state index in [-0.39, 0.29) is 22.1 Å². The molecule has 2 aromatic rings. The zero-order chi connectivity index (χ0) is 14.7. The monoisotopic (exact) mass is 293 g/mol. The quantitative estimate of drug-likeness (QED) is 0.471. The van der Waals surface area contributed by atoms with Gasteiger partial charge in [-0.25, -0.2) is 0 Å². The van der Waals surface area contributed by atoms with Crippen LogP contribution in [0.1, 0.15) is 12.5 Å². The molecule has 0 bridgehead atoms. The second-order valence-electron chi connectivity index (χ2n) is 4.30. The Bertz CT molecular complexity index is 646. The fraction of sp³-hybridized carbons (Fsp3) is 0.133. The topological polar surface area (TPSA) is 29.5 Å².